The van der Waals surface area contributed by atoms with Gasteiger partial charge in [0.1, 0.15) is 12.4 Å². The Morgan fingerprint density at radius 3 is 2.61 bits per heavy atom. The molecule has 0 unspecified atom stereocenters. The van der Waals surface area contributed by atoms with E-state index in [1.54, 1.807) is 6.92 Å². The van der Waals surface area contributed by atoms with Gasteiger partial charge in [0.15, 0.2) is 0 Å². The van der Waals surface area contributed by atoms with E-state index in [1.165, 1.54) is 25.2 Å². The Kier molecular flexibility index (Phi) is 11.3. The topological polar surface area (TPSA) is 52.6 Å². The highest BCUT2D eigenvalue weighted by Crippen LogP contribution is 2.10. The van der Waals surface area contributed by atoms with E-state index < -0.39 is 5.97 Å². The SMILES string of the molecule is CCCCCC[C@H](CC=O)O/C=C/C(=O)OCC. The summed E-state index contributed by atoms with van der Waals surface area (Å²) in [4.78, 5) is 21.5. The maximum atomic E-state index is 11.0. The molecule has 0 aromatic rings. The molecule has 0 amide bonds. The molecule has 0 rings (SSSR count). The highest BCUT2D eigenvalue weighted by molar-refractivity contribution is 5.81. The molecule has 0 aliphatic rings. The van der Waals surface area contributed by atoms with Crippen molar-refractivity contribution < 1.29 is 19.1 Å². The third-order valence-corrected chi connectivity index (χ3v) is 2.50. The molecule has 0 aromatic carbocycles. The molecule has 0 saturated carbocycles. The van der Waals surface area contributed by atoms with Gasteiger partial charge in [-0.2, -0.15) is 0 Å². The summed E-state index contributed by atoms with van der Waals surface area (Å²) in [5.74, 6) is -0.423. The zero-order valence-corrected chi connectivity index (χ0v) is 11.4. The van der Waals surface area contributed by atoms with E-state index in [0.29, 0.717) is 13.0 Å². The van der Waals surface area contributed by atoms with Crippen LogP contribution in [0.1, 0.15) is 52.4 Å². The van der Waals surface area contributed by atoms with Crippen LogP contribution in [0.25, 0.3) is 0 Å². The molecule has 1 atom stereocenters. The average Bonchev–Trinajstić information content (AvgIpc) is 2.35. The number of carbonyl (C=O) groups is 2. The van der Waals surface area contributed by atoms with E-state index in [0.717, 1.165) is 25.5 Å². The van der Waals surface area contributed by atoms with Gasteiger partial charge in [0.05, 0.1) is 18.9 Å². The minimum Gasteiger partial charge on any atom is -0.497 e. The quantitative estimate of drug-likeness (QED) is 0.187. The molecule has 4 nitrogen and oxygen atoms in total. The number of rotatable bonds is 11. The second-order valence-electron chi connectivity index (χ2n) is 4.06. The number of hydrogen-bond acceptors (Lipinski definition) is 4. The van der Waals surface area contributed by atoms with Crippen molar-refractivity contribution in [3.8, 4) is 0 Å². The molecule has 0 aliphatic carbocycles. The normalized spacial score (nSPS) is 12.3. The maximum absolute atomic E-state index is 11.0. The summed E-state index contributed by atoms with van der Waals surface area (Å²) in [5.41, 5.74) is 0. The zero-order valence-electron chi connectivity index (χ0n) is 11.4. The molecular formula is C14H24O4. The molecule has 0 heterocycles. The van der Waals surface area contributed by atoms with Crippen LogP contribution in [0.4, 0.5) is 0 Å². The predicted molar refractivity (Wildman–Crippen MR) is 70.1 cm³/mol. The van der Waals surface area contributed by atoms with E-state index in [4.69, 9.17) is 9.47 Å². The molecule has 0 saturated heterocycles. The fourth-order valence-corrected chi connectivity index (χ4v) is 1.54. The number of hydrogen-bond donors (Lipinski definition) is 0. The monoisotopic (exact) mass is 256 g/mol. The van der Waals surface area contributed by atoms with Gasteiger partial charge in [-0.15, -0.1) is 0 Å². The molecule has 104 valence electrons. The molecule has 0 fully saturated rings. The Hall–Kier alpha value is -1.32. The molecule has 0 aliphatic heterocycles. The van der Waals surface area contributed by atoms with Crippen molar-refractivity contribution in [3.05, 3.63) is 12.3 Å². The molecule has 0 radical (unpaired) electrons. The van der Waals surface area contributed by atoms with E-state index in [9.17, 15) is 9.59 Å². The van der Waals surface area contributed by atoms with Crippen LogP contribution >= 0.6 is 0 Å². The minimum atomic E-state index is -0.423. The third kappa shape index (κ3) is 9.87. The van der Waals surface area contributed by atoms with Gasteiger partial charge in [0.2, 0.25) is 0 Å². The minimum absolute atomic E-state index is 0.134. The van der Waals surface area contributed by atoms with E-state index in [2.05, 4.69) is 6.92 Å². The molecule has 0 N–H and O–H groups in total. The lowest BCUT2D eigenvalue weighted by atomic mass is 10.1. The van der Waals surface area contributed by atoms with Gasteiger partial charge in [0.25, 0.3) is 0 Å². The first-order chi connectivity index (χ1) is 8.74. The van der Waals surface area contributed by atoms with Crippen LogP contribution in [0.15, 0.2) is 12.3 Å². The van der Waals surface area contributed by atoms with Gasteiger partial charge in [-0.1, -0.05) is 26.2 Å². The molecule has 0 bridgehead atoms. The standard InChI is InChI=1S/C14H24O4/c1-3-5-6-7-8-13(9-11-15)18-12-10-14(16)17-4-2/h10-13H,3-9H2,1-2H3/b12-10+/t13-/m1/s1. The van der Waals surface area contributed by atoms with Gasteiger partial charge in [0, 0.05) is 6.42 Å². The summed E-state index contributed by atoms with van der Waals surface area (Å²) in [6, 6.07) is 0. The summed E-state index contributed by atoms with van der Waals surface area (Å²) in [6.45, 7) is 4.25. The van der Waals surface area contributed by atoms with Gasteiger partial charge < -0.3 is 14.3 Å². The van der Waals surface area contributed by atoms with Crippen molar-refractivity contribution in [1.82, 2.24) is 0 Å². The number of carbonyl (C=O) groups excluding carboxylic acids is 2. The highest BCUT2D eigenvalue weighted by Gasteiger charge is 2.07. The van der Waals surface area contributed by atoms with Gasteiger partial charge in [-0.05, 0) is 19.8 Å². The van der Waals surface area contributed by atoms with Crippen molar-refractivity contribution in [2.45, 2.75) is 58.5 Å². The zero-order chi connectivity index (χ0) is 13.6. The fourth-order valence-electron chi connectivity index (χ4n) is 1.54. The Morgan fingerprint density at radius 2 is 2.00 bits per heavy atom. The summed E-state index contributed by atoms with van der Waals surface area (Å²) in [6.07, 6.45) is 9.06. The molecule has 4 heteroatoms. The van der Waals surface area contributed by atoms with Crippen LogP contribution in [0, 0.1) is 0 Å². The average molecular weight is 256 g/mol. The summed E-state index contributed by atoms with van der Waals surface area (Å²) in [7, 11) is 0. The van der Waals surface area contributed by atoms with Crippen LogP contribution in [0.3, 0.4) is 0 Å². The smallest absolute Gasteiger partial charge is 0.333 e. The third-order valence-electron chi connectivity index (χ3n) is 2.50. The largest absolute Gasteiger partial charge is 0.497 e. The first kappa shape index (κ1) is 16.7. The summed E-state index contributed by atoms with van der Waals surface area (Å²) in [5, 5.41) is 0. The van der Waals surface area contributed by atoms with Crippen LogP contribution < -0.4 is 0 Å². The summed E-state index contributed by atoms with van der Waals surface area (Å²) >= 11 is 0. The van der Waals surface area contributed by atoms with Crippen molar-refractivity contribution >= 4 is 12.3 Å². The highest BCUT2D eigenvalue weighted by atomic mass is 16.5. The maximum Gasteiger partial charge on any atom is 0.333 e. The summed E-state index contributed by atoms with van der Waals surface area (Å²) < 4.78 is 10.1. The van der Waals surface area contributed by atoms with E-state index in [-0.39, 0.29) is 6.10 Å². The second kappa shape index (κ2) is 12.1. The Bertz CT molecular complexity index is 248. The molecule has 18 heavy (non-hydrogen) atoms. The number of aldehydes is 1. The van der Waals surface area contributed by atoms with E-state index in [1.807, 2.05) is 0 Å². The number of ether oxygens (including phenoxy) is 2. The molecule has 0 aromatic heterocycles. The Balaban J connectivity index is 3.87. The lowest BCUT2D eigenvalue weighted by molar-refractivity contribution is -0.137. The van der Waals surface area contributed by atoms with Gasteiger partial charge in [-0.3, -0.25) is 0 Å². The molecular weight excluding hydrogens is 232 g/mol. The molecule has 0 spiro atoms. The van der Waals surface area contributed by atoms with Crippen molar-refractivity contribution in [1.29, 1.82) is 0 Å². The van der Waals surface area contributed by atoms with Gasteiger partial charge >= 0.3 is 5.97 Å². The van der Waals surface area contributed by atoms with Crippen LogP contribution in [0.5, 0.6) is 0 Å². The van der Waals surface area contributed by atoms with Gasteiger partial charge in [-0.25, -0.2) is 4.79 Å². The van der Waals surface area contributed by atoms with Crippen LogP contribution in [-0.2, 0) is 19.1 Å². The Morgan fingerprint density at radius 1 is 1.22 bits per heavy atom. The second-order valence-corrected chi connectivity index (χ2v) is 4.06. The van der Waals surface area contributed by atoms with Crippen LogP contribution in [-0.4, -0.2) is 25.0 Å². The lowest BCUT2D eigenvalue weighted by Crippen LogP contribution is -2.11. The van der Waals surface area contributed by atoms with Crippen molar-refractivity contribution in [3.63, 3.8) is 0 Å². The Labute approximate surface area is 109 Å². The predicted octanol–water partition coefficient (Wildman–Crippen LogP) is 3.01. The number of esters is 1. The van der Waals surface area contributed by atoms with E-state index >= 15 is 0 Å². The number of unbranched alkanes of at least 4 members (excludes halogenated alkanes) is 3. The van der Waals surface area contributed by atoms with Crippen molar-refractivity contribution in [2.75, 3.05) is 6.61 Å². The fraction of sp³-hybridized carbons (Fsp3) is 0.714. The first-order valence-electron chi connectivity index (χ1n) is 6.66. The van der Waals surface area contributed by atoms with Crippen LogP contribution in [0.2, 0.25) is 0 Å². The lowest BCUT2D eigenvalue weighted by Gasteiger charge is -2.13. The first-order valence-corrected chi connectivity index (χ1v) is 6.66. The van der Waals surface area contributed by atoms with Crippen molar-refractivity contribution in [2.24, 2.45) is 0 Å².